The van der Waals surface area contributed by atoms with E-state index in [2.05, 4.69) is 20.9 Å². The Labute approximate surface area is 141 Å². The molecule has 1 fully saturated rings. The summed E-state index contributed by atoms with van der Waals surface area (Å²) >= 11 is 3.35. The van der Waals surface area contributed by atoms with E-state index in [4.69, 9.17) is 9.84 Å². The van der Waals surface area contributed by atoms with Gasteiger partial charge in [0.25, 0.3) is 0 Å². The molecular weight excluding hydrogens is 364 g/mol. The fraction of sp³-hybridized carbons (Fsp3) is 0.312. The van der Waals surface area contributed by atoms with Crippen molar-refractivity contribution in [1.82, 2.24) is 4.90 Å². The van der Waals surface area contributed by atoms with Crippen LogP contribution in [0.15, 0.2) is 45.6 Å². The molecule has 3 rings (SSSR count). The summed E-state index contributed by atoms with van der Waals surface area (Å²) < 4.78 is 6.14. The molecule has 0 saturated carbocycles. The molecule has 2 aliphatic rings. The Morgan fingerprint density at radius 2 is 1.96 bits per heavy atom. The number of aliphatic imine (C=N–C) groups is 1. The van der Waals surface area contributed by atoms with Crippen LogP contribution in [-0.2, 0) is 14.3 Å². The van der Waals surface area contributed by atoms with Gasteiger partial charge in [-0.3, -0.25) is 4.79 Å². The zero-order chi connectivity index (χ0) is 16.4. The lowest BCUT2D eigenvalue weighted by atomic mass is 9.97. The molecule has 2 aliphatic heterocycles. The van der Waals surface area contributed by atoms with Gasteiger partial charge in [-0.2, -0.15) is 0 Å². The molecule has 0 radical (unpaired) electrons. The molecule has 1 N–H and O–H groups in total. The van der Waals surface area contributed by atoms with E-state index < -0.39 is 11.9 Å². The lowest BCUT2D eigenvalue weighted by molar-refractivity contribution is -0.143. The molecule has 0 atom stereocenters. The maximum Gasteiger partial charge on any atom is 0.365 e. The van der Waals surface area contributed by atoms with Gasteiger partial charge >= 0.3 is 11.9 Å². The molecule has 1 aromatic rings. The minimum Gasteiger partial charge on any atom is -0.481 e. The van der Waals surface area contributed by atoms with Gasteiger partial charge in [0, 0.05) is 29.3 Å². The predicted octanol–water partition coefficient (Wildman–Crippen LogP) is 2.39. The number of carbonyl (C=O) groups is 2. The molecular formula is C16H15BrN2O4. The van der Waals surface area contributed by atoms with Crippen LogP contribution in [0.4, 0.5) is 0 Å². The molecule has 23 heavy (non-hydrogen) atoms. The lowest BCUT2D eigenvalue weighted by Crippen LogP contribution is -2.33. The Hall–Kier alpha value is -2.15. The fourth-order valence-electron chi connectivity index (χ4n) is 2.56. The first-order valence-corrected chi connectivity index (χ1v) is 8.08. The van der Waals surface area contributed by atoms with Crippen molar-refractivity contribution >= 4 is 33.8 Å². The van der Waals surface area contributed by atoms with E-state index >= 15 is 0 Å². The molecule has 120 valence electrons. The third-order valence-electron chi connectivity index (χ3n) is 3.90. The van der Waals surface area contributed by atoms with Crippen molar-refractivity contribution < 1.29 is 19.4 Å². The Balaban J connectivity index is 1.71. The van der Waals surface area contributed by atoms with Crippen molar-refractivity contribution in [3.05, 3.63) is 46.2 Å². The molecule has 0 bridgehead atoms. The van der Waals surface area contributed by atoms with E-state index in [-0.39, 0.29) is 17.5 Å². The highest BCUT2D eigenvalue weighted by atomic mass is 79.9. The number of esters is 1. The Kier molecular flexibility index (Phi) is 4.47. The van der Waals surface area contributed by atoms with Gasteiger partial charge in [-0.05, 0) is 37.1 Å². The summed E-state index contributed by atoms with van der Waals surface area (Å²) in [6, 6.07) is 7.34. The first-order valence-electron chi connectivity index (χ1n) is 7.28. The maximum atomic E-state index is 11.9. The van der Waals surface area contributed by atoms with Crippen molar-refractivity contribution in [2.45, 2.75) is 12.8 Å². The van der Waals surface area contributed by atoms with Crippen LogP contribution in [0.5, 0.6) is 0 Å². The highest BCUT2D eigenvalue weighted by Crippen LogP contribution is 2.22. The first-order chi connectivity index (χ1) is 11.0. The predicted molar refractivity (Wildman–Crippen MR) is 86.8 cm³/mol. The smallest absolute Gasteiger partial charge is 0.365 e. The molecule has 1 saturated heterocycles. The normalized spacial score (nSPS) is 20.6. The van der Waals surface area contributed by atoms with Crippen LogP contribution >= 0.6 is 15.9 Å². The number of hydrogen-bond donors (Lipinski definition) is 1. The highest BCUT2D eigenvalue weighted by Gasteiger charge is 2.27. The van der Waals surface area contributed by atoms with Crippen molar-refractivity contribution in [1.29, 1.82) is 0 Å². The Bertz CT molecular complexity index is 689. The maximum absolute atomic E-state index is 11.9. The fourth-order valence-corrected chi connectivity index (χ4v) is 2.83. The van der Waals surface area contributed by atoms with Gasteiger partial charge < -0.3 is 14.7 Å². The van der Waals surface area contributed by atoms with E-state index in [1.165, 1.54) is 0 Å². The number of carboxylic acids is 1. The second kappa shape index (κ2) is 6.54. The van der Waals surface area contributed by atoms with Gasteiger partial charge in [0.15, 0.2) is 5.70 Å². The molecule has 0 aliphatic carbocycles. The van der Waals surface area contributed by atoms with Crippen LogP contribution in [0, 0.1) is 5.92 Å². The number of hydrogen-bond acceptors (Lipinski definition) is 5. The second-order valence-electron chi connectivity index (χ2n) is 5.48. The monoisotopic (exact) mass is 378 g/mol. The Morgan fingerprint density at radius 1 is 1.30 bits per heavy atom. The lowest BCUT2D eigenvalue weighted by Gasteiger charge is -2.28. The van der Waals surface area contributed by atoms with Gasteiger partial charge in [0.1, 0.15) is 0 Å². The van der Waals surface area contributed by atoms with Crippen molar-refractivity contribution in [3.63, 3.8) is 0 Å². The third kappa shape index (κ3) is 3.61. The molecule has 0 spiro atoms. The number of benzene rings is 1. The minimum absolute atomic E-state index is 0.247. The average Bonchev–Trinajstić information content (AvgIpc) is 2.89. The Morgan fingerprint density at radius 3 is 2.57 bits per heavy atom. The summed E-state index contributed by atoms with van der Waals surface area (Å²) in [7, 11) is 0. The van der Waals surface area contributed by atoms with E-state index in [0.29, 0.717) is 25.9 Å². The third-order valence-corrected chi connectivity index (χ3v) is 4.42. The number of likely N-dealkylation sites (tertiary alicyclic amines) is 1. The zero-order valence-electron chi connectivity index (χ0n) is 12.2. The van der Waals surface area contributed by atoms with Crippen molar-refractivity contribution in [2.24, 2.45) is 10.9 Å². The summed E-state index contributed by atoms with van der Waals surface area (Å²) in [6.07, 6.45) is 2.79. The molecule has 2 heterocycles. The second-order valence-corrected chi connectivity index (χ2v) is 6.39. The van der Waals surface area contributed by atoms with Crippen LogP contribution in [0.2, 0.25) is 0 Å². The summed E-state index contributed by atoms with van der Waals surface area (Å²) in [5, 5.41) is 9.00. The summed E-state index contributed by atoms with van der Waals surface area (Å²) in [5.41, 5.74) is 0.978. The molecule has 7 heteroatoms. The minimum atomic E-state index is -0.756. The number of carboxylic acid groups (broad SMARTS) is 1. The van der Waals surface area contributed by atoms with Crippen molar-refractivity contribution in [2.75, 3.05) is 13.1 Å². The van der Waals surface area contributed by atoms with Crippen molar-refractivity contribution in [3.8, 4) is 0 Å². The number of halogens is 1. The number of cyclic esters (lactones) is 1. The number of nitrogens with zero attached hydrogens (tertiary/aromatic N) is 2. The largest absolute Gasteiger partial charge is 0.481 e. The topological polar surface area (TPSA) is 79.2 Å². The van der Waals surface area contributed by atoms with Crippen LogP contribution in [0.25, 0.3) is 0 Å². The quantitative estimate of drug-likeness (QED) is 0.645. The van der Waals surface area contributed by atoms with Gasteiger partial charge in [-0.1, -0.05) is 15.9 Å². The zero-order valence-corrected chi connectivity index (χ0v) is 13.8. The highest BCUT2D eigenvalue weighted by molar-refractivity contribution is 9.10. The van der Waals surface area contributed by atoms with E-state index in [1.807, 2.05) is 29.2 Å². The SMILES string of the molecule is O=C1OC(c2ccc(Br)cc2)=N/C1=C\N1CCC(C(=O)O)CC1. The molecule has 0 aromatic heterocycles. The summed E-state index contributed by atoms with van der Waals surface area (Å²) in [6.45, 7) is 1.19. The number of aliphatic carboxylic acids is 1. The van der Waals surface area contributed by atoms with E-state index in [1.54, 1.807) is 6.20 Å². The van der Waals surface area contributed by atoms with Gasteiger partial charge in [0.05, 0.1) is 5.92 Å². The number of carbonyl (C=O) groups excluding carboxylic acids is 1. The van der Waals surface area contributed by atoms with Crippen LogP contribution in [-0.4, -0.2) is 40.9 Å². The molecule has 1 aromatic carbocycles. The van der Waals surface area contributed by atoms with Gasteiger partial charge in [-0.25, -0.2) is 9.79 Å². The number of rotatable bonds is 3. The first kappa shape index (κ1) is 15.7. The van der Waals surface area contributed by atoms with Crippen LogP contribution < -0.4 is 0 Å². The molecule has 6 nitrogen and oxygen atoms in total. The van der Waals surface area contributed by atoms with Gasteiger partial charge in [-0.15, -0.1) is 0 Å². The van der Waals surface area contributed by atoms with Crippen LogP contribution in [0.1, 0.15) is 18.4 Å². The van der Waals surface area contributed by atoms with E-state index in [0.717, 1.165) is 10.0 Å². The standard InChI is InChI=1S/C16H15BrN2O4/c17-12-3-1-10(2-4-12)14-18-13(16(22)23-14)9-19-7-5-11(6-8-19)15(20)21/h1-4,9,11H,5-8H2,(H,20,21)/b13-9-. The van der Waals surface area contributed by atoms with E-state index in [9.17, 15) is 9.59 Å². The number of ether oxygens (including phenoxy) is 1. The summed E-state index contributed by atoms with van der Waals surface area (Å²) in [5.74, 6) is -1.26. The molecule has 0 unspecified atom stereocenters. The van der Waals surface area contributed by atoms with Gasteiger partial charge in [0.2, 0.25) is 5.90 Å². The molecule has 0 amide bonds. The summed E-state index contributed by atoms with van der Waals surface area (Å²) in [4.78, 5) is 29.1. The van der Waals surface area contributed by atoms with Crippen LogP contribution in [0.3, 0.4) is 0 Å². The number of piperidine rings is 1. The average molecular weight is 379 g/mol.